The quantitative estimate of drug-likeness (QED) is 0.837. The Hall–Kier alpha value is -1.35. The zero-order valence-corrected chi connectivity index (χ0v) is 12.3. The molecule has 3 N–H and O–H groups in total. The molecule has 2 atom stereocenters. The number of hydrogen-bond acceptors (Lipinski definition) is 2. The summed E-state index contributed by atoms with van der Waals surface area (Å²) >= 11 is 0. The van der Waals surface area contributed by atoms with Crippen LogP contribution in [0.5, 0.6) is 0 Å². The van der Waals surface area contributed by atoms with Crippen molar-refractivity contribution in [2.75, 3.05) is 0 Å². The molecule has 0 spiro atoms. The second-order valence-electron chi connectivity index (χ2n) is 5.92. The number of nitrogens with two attached hydrogens (primary N) is 1. The smallest absolute Gasteiger partial charge is 0.303 e. The summed E-state index contributed by atoms with van der Waals surface area (Å²) in [6.45, 7) is 2.18. The highest BCUT2D eigenvalue weighted by Crippen LogP contribution is 2.29. The van der Waals surface area contributed by atoms with Gasteiger partial charge in [-0.2, -0.15) is 0 Å². The molecule has 0 heterocycles. The van der Waals surface area contributed by atoms with Gasteiger partial charge in [0.15, 0.2) is 0 Å². The first-order valence-corrected chi connectivity index (χ1v) is 7.69. The highest BCUT2D eigenvalue weighted by molar-refractivity contribution is 5.66. The summed E-state index contributed by atoms with van der Waals surface area (Å²) in [5.74, 6) is -0.228. The van der Waals surface area contributed by atoms with Crippen LogP contribution in [0.15, 0.2) is 18.2 Å². The van der Waals surface area contributed by atoms with Crippen LogP contribution >= 0.6 is 0 Å². The van der Waals surface area contributed by atoms with Gasteiger partial charge in [0.2, 0.25) is 0 Å². The first-order chi connectivity index (χ1) is 9.60. The zero-order chi connectivity index (χ0) is 14.5. The van der Waals surface area contributed by atoms with E-state index in [1.54, 1.807) is 0 Å². The van der Waals surface area contributed by atoms with Crippen LogP contribution in [-0.4, -0.2) is 17.1 Å². The number of carboxylic acids is 1. The Bertz CT molecular complexity index is 470. The Morgan fingerprint density at radius 1 is 1.45 bits per heavy atom. The van der Waals surface area contributed by atoms with Gasteiger partial charge in [-0.15, -0.1) is 0 Å². The topological polar surface area (TPSA) is 63.3 Å². The Morgan fingerprint density at radius 3 is 2.95 bits per heavy atom. The van der Waals surface area contributed by atoms with E-state index in [1.807, 2.05) is 0 Å². The molecule has 3 nitrogen and oxygen atoms in total. The molecule has 3 heteroatoms. The Balaban J connectivity index is 2.06. The van der Waals surface area contributed by atoms with Crippen LogP contribution in [0.3, 0.4) is 0 Å². The number of aliphatic carboxylic acids is 1. The Morgan fingerprint density at radius 2 is 2.25 bits per heavy atom. The number of aryl methyl sites for hydroxylation is 1. The van der Waals surface area contributed by atoms with Crippen LogP contribution in [-0.2, 0) is 17.6 Å². The maximum Gasteiger partial charge on any atom is 0.303 e. The van der Waals surface area contributed by atoms with Crippen molar-refractivity contribution in [3.63, 3.8) is 0 Å². The SMILES string of the molecule is CCC(CCCC(=O)O)c1ccc2c(c1)C[C@@H](N)CC2. The molecular formula is C17H25NO2. The minimum Gasteiger partial charge on any atom is -0.481 e. The van der Waals surface area contributed by atoms with E-state index in [-0.39, 0.29) is 6.42 Å². The zero-order valence-electron chi connectivity index (χ0n) is 12.3. The maximum absolute atomic E-state index is 10.6. The molecule has 20 heavy (non-hydrogen) atoms. The summed E-state index contributed by atoms with van der Waals surface area (Å²) in [4.78, 5) is 10.6. The van der Waals surface area contributed by atoms with Crippen LogP contribution < -0.4 is 5.73 Å². The third kappa shape index (κ3) is 3.83. The average molecular weight is 275 g/mol. The van der Waals surface area contributed by atoms with Gasteiger partial charge in [-0.05, 0) is 61.1 Å². The molecule has 110 valence electrons. The first-order valence-electron chi connectivity index (χ1n) is 7.69. The minimum absolute atomic E-state index is 0.270. The second kappa shape index (κ2) is 6.89. The molecule has 0 bridgehead atoms. The maximum atomic E-state index is 10.6. The summed E-state index contributed by atoms with van der Waals surface area (Å²) in [6.07, 6.45) is 6.19. The third-order valence-electron chi connectivity index (χ3n) is 4.40. The molecular weight excluding hydrogens is 250 g/mol. The number of carboxylic acid groups (broad SMARTS) is 1. The molecule has 0 radical (unpaired) electrons. The third-order valence-corrected chi connectivity index (χ3v) is 4.40. The molecule has 1 aliphatic carbocycles. The molecule has 0 saturated heterocycles. The monoisotopic (exact) mass is 275 g/mol. The highest BCUT2D eigenvalue weighted by Gasteiger charge is 2.18. The van der Waals surface area contributed by atoms with Gasteiger partial charge in [0.25, 0.3) is 0 Å². The minimum atomic E-state index is -0.698. The Kier molecular flexibility index (Phi) is 5.18. The normalized spacial score (nSPS) is 19.4. The van der Waals surface area contributed by atoms with Gasteiger partial charge in [-0.1, -0.05) is 25.1 Å². The summed E-state index contributed by atoms with van der Waals surface area (Å²) in [5, 5.41) is 8.74. The summed E-state index contributed by atoms with van der Waals surface area (Å²) in [5.41, 5.74) is 10.3. The largest absolute Gasteiger partial charge is 0.481 e. The number of hydrogen-bond donors (Lipinski definition) is 2. The van der Waals surface area contributed by atoms with E-state index in [2.05, 4.69) is 25.1 Å². The lowest BCUT2D eigenvalue weighted by Gasteiger charge is -2.24. The van der Waals surface area contributed by atoms with E-state index in [9.17, 15) is 4.79 Å². The number of benzene rings is 1. The molecule has 1 aromatic carbocycles. The van der Waals surface area contributed by atoms with Crippen LogP contribution in [0.25, 0.3) is 0 Å². The van der Waals surface area contributed by atoms with Gasteiger partial charge in [0.05, 0.1) is 0 Å². The van der Waals surface area contributed by atoms with Crippen LogP contribution in [0.1, 0.15) is 61.6 Å². The van der Waals surface area contributed by atoms with Gasteiger partial charge in [-0.3, -0.25) is 4.79 Å². The lowest BCUT2D eigenvalue weighted by molar-refractivity contribution is -0.137. The van der Waals surface area contributed by atoms with Crippen molar-refractivity contribution in [3.8, 4) is 0 Å². The average Bonchev–Trinajstić information content (AvgIpc) is 2.42. The van der Waals surface area contributed by atoms with E-state index < -0.39 is 5.97 Å². The van der Waals surface area contributed by atoms with Gasteiger partial charge in [0.1, 0.15) is 0 Å². The number of carbonyl (C=O) groups is 1. The Labute approximate surface area is 121 Å². The van der Waals surface area contributed by atoms with Gasteiger partial charge < -0.3 is 10.8 Å². The molecule has 0 fully saturated rings. The van der Waals surface area contributed by atoms with E-state index in [1.165, 1.54) is 16.7 Å². The fourth-order valence-electron chi connectivity index (χ4n) is 3.17. The molecule has 0 aromatic heterocycles. The predicted octanol–water partition coefficient (Wildman–Crippen LogP) is 3.25. The highest BCUT2D eigenvalue weighted by atomic mass is 16.4. The van der Waals surface area contributed by atoms with Crippen molar-refractivity contribution in [2.45, 2.75) is 63.8 Å². The fraction of sp³-hybridized carbons (Fsp3) is 0.588. The van der Waals surface area contributed by atoms with E-state index in [0.29, 0.717) is 12.0 Å². The van der Waals surface area contributed by atoms with Crippen molar-refractivity contribution in [1.82, 2.24) is 0 Å². The van der Waals surface area contributed by atoms with Crippen LogP contribution in [0.4, 0.5) is 0 Å². The van der Waals surface area contributed by atoms with Crippen molar-refractivity contribution in [3.05, 3.63) is 34.9 Å². The van der Waals surface area contributed by atoms with Crippen LogP contribution in [0, 0.1) is 0 Å². The summed E-state index contributed by atoms with van der Waals surface area (Å²) in [6, 6.07) is 7.08. The van der Waals surface area contributed by atoms with Gasteiger partial charge in [-0.25, -0.2) is 0 Å². The number of fused-ring (bicyclic) bond motifs is 1. The molecule has 0 aliphatic heterocycles. The van der Waals surface area contributed by atoms with E-state index in [4.69, 9.17) is 10.8 Å². The standard InChI is InChI=1S/C17H25NO2/c1-2-12(4-3-5-17(19)20)14-7-6-13-8-9-16(18)11-15(13)10-14/h6-7,10,12,16H,2-5,8-9,11,18H2,1H3,(H,19,20)/t12?,16-/m0/s1. The second-order valence-corrected chi connectivity index (χ2v) is 5.92. The van der Waals surface area contributed by atoms with Crippen molar-refractivity contribution >= 4 is 5.97 Å². The van der Waals surface area contributed by atoms with Crippen LogP contribution in [0.2, 0.25) is 0 Å². The van der Waals surface area contributed by atoms with Crippen molar-refractivity contribution in [1.29, 1.82) is 0 Å². The van der Waals surface area contributed by atoms with Crippen molar-refractivity contribution < 1.29 is 9.90 Å². The lowest BCUT2D eigenvalue weighted by atomic mass is 9.84. The van der Waals surface area contributed by atoms with Crippen molar-refractivity contribution in [2.24, 2.45) is 5.73 Å². The van der Waals surface area contributed by atoms with E-state index >= 15 is 0 Å². The summed E-state index contributed by atoms with van der Waals surface area (Å²) in [7, 11) is 0. The molecule has 0 amide bonds. The van der Waals surface area contributed by atoms with Gasteiger partial charge in [0, 0.05) is 12.5 Å². The summed E-state index contributed by atoms with van der Waals surface area (Å²) < 4.78 is 0. The molecule has 1 aromatic rings. The molecule has 0 saturated carbocycles. The van der Waals surface area contributed by atoms with Gasteiger partial charge >= 0.3 is 5.97 Å². The molecule has 2 rings (SSSR count). The fourth-order valence-corrected chi connectivity index (χ4v) is 3.17. The molecule has 1 unspecified atom stereocenters. The number of rotatable bonds is 6. The predicted molar refractivity (Wildman–Crippen MR) is 81.0 cm³/mol. The molecule has 1 aliphatic rings. The lowest BCUT2D eigenvalue weighted by Crippen LogP contribution is -2.27. The van der Waals surface area contributed by atoms with E-state index in [0.717, 1.165) is 38.5 Å². The first kappa shape index (κ1) is 15.0.